The Morgan fingerprint density at radius 3 is 2.42 bits per heavy atom. The van der Waals surface area contributed by atoms with Crippen molar-refractivity contribution in [1.29, 1.82) is 0 Å². The van der Waals surface area contributed by atoms with Crippen molar-refractivity contribution in [2.24, 2.45) is 0 Å². The van der Waals surface area contributed by atoms with Crippen molar-refractivity contribution < 1.29 is 9.18 Å². The molecule has 3 nitrogen and oxygen atoms in total. The number of nitrogens with zero attached hydrogens (tertiary/aromatic N) is 1. The maximum absolute atomic E-state index is 13.9. The molecule has 1 atom stereocenters. The normalized spacial score (nSPS) is 12.2. The molecule has 0 spiro atoms. The summed E-state index contributed by atoms with van der Waals surface area (Å²) in [6, 6.07) is 14.1. The van der Waals surface area contributed by atoms with E-state index in [1.165, 1.54) is 12.1 Å². The predicted octanol–water partition coefficient (Wildman–Crippen LogP) is 4.29. The van der Waals surface area contributed by atoms with Gasteiger partial charge in [0, 0.05) is 11.6 Å². The fourth-order valence-electron chi connectivity index (χ4n) is 2.76. The van der Waals surface area contributed by atoms with Gasteiger partial charge in [0.2, 0.25) is 0 Å². The molecule has 2 aromatic rings. The van der Waals surface area contributed by atoms with Crippen molar-refractivity contribution >= 4 is 17.5 Å². The highest BCUT2D eigenvalue weighted by atomic mass is 35.5. The summed E-state index contributed by atoms with van der Waals surface area (Å²) in [5.41, 5.74) is 1.13. The SMILES string of the molecule is CCN(CC)[C@@H](CNC(=O)c1ccc(Cl)cc1F)c1ccccc1. The molecule has 2 aromatic carbocycles. The molecule has 5 heteroatoms. The lowest BCUT2D eigenvalue weighted by Gasteiger charge is -2.30. The Balaban J connectivity index is 2.14. The first-order valence-corrected chi connectivity index (χ1v) is 8.46. The van der Waals surface area contributed by atoms with E-state index in [2.05, 4.69) is 24.1 Å². The lowest BCUT2D eigenvalue weighted by atomic mass is 10.0. The van der Waals surface area contributed by atoms with E-state index in [1.807, 2.05) is 30.3 Å². The van der Waals surface area contributed by atoms with Gasteiger partial charge in [-0.2, -0.15) is 0 Å². The number of amides is 1. The van der Waals surface area contributed by atoms with Gasteiger partial charge in [-0.15, -0.1) is 0 Å². The molecule has 0 saturated heterocycles. The quantitative estimate of drug-likeness (QED) is 0.809. The molecule has 0 aliphatic carbocycles. The standard InChI is InChI=1S/C19H22ClFN2O/c1-3-23(4-2)18(14-8-6-5-7-9-14)13-22-19(24)16-11-10-15(20)12-17(16)21/h5-12,18H,3-4,13H2,1-2H3,(H,22,24)/t18-/m0/s1. The smallest absolute Gasteiger partial charge is 0.254 e. The Bertz CT molecular complexity index is 674. The number of hydrogen-bond acceptors (Lipinski definition) is 2. The van der Waals surface area contributed by atoms with Crippen LogP contribution in [0.4, 0.5) is 4.39 Å². The summed E-state index contributed by atoms with van der Waals surface area (Å²) in [5, 5.41) is 3.12. The highest BCUT2D eigenvalue weighted by Gasteiger charge is 2.20. The zero-order valence-corrected chi connectivity index (χ0v) is 14.7. The molecule has 0 unspecified atom stereocenters. The van der Waals surface area contributed by atoms with E-state index >= 15 is 0 Å². The lowest BCUT2D eigenvalue weighted by molar-refractivity contribution is 0.0931. The molecule has 128 valence electrons. The molecule has 2 rings (SSSR count). The molecule has 1 N–H and O–H groups in total. The van der Waals surface area contributed by atoms with Gasteiger partial charge in [0.15, 0.2) is 0 Å². The highest BCUT2D eigenvalue weighted by molar-refractivity contribution is 6.30. The average molecular weight is 349 g/mol. The molecule has 0 saturated carbocycles. The van der Waals surface area contributed by atoms with E-state index in [0.29, 0.717) is 6.54 Å². The third-order valence-corrected chi connectivity index (χ3v) is 4.30. The number of benzene rings is 2. The summed E-state index contributed by atoms with van der Waals surface area (Å²) in [7, 11) is 0. The van der Waals surface area contributed by atoms with Crippen molar-refractivity contribution in [2.75, 3.05) is 19.6 Å². The van der Waals surface area contributed by atoms with E-state index in [1.54, 1.807) is 0 Å². The number of nitrogens with one attached hydrogen (secondary N) is 1. The van der Waals surface area contributed by atoms with Gasteiger partial charge >= 0.3 is 0 Å². The van der Waals surface area contributed by atoms with Gasteiger partial charge in [-0.3, -0.25) is 9.69 Å². The van der Waals surface area contributed by atoms with Crippen LogP contribution >= 0.6 is 11.6 Å². The third kappa shape index (κ3) is 4.56. The molecule has 0 aliphatic heterocycles. The number of halogens is 2. The number of carbonyl (C=O) groups is 1. The zero-order valence-electron chi connectivity index (χ0n) is 13.9. The second-order valence-electron chi connectivity index (χ2n) is 5.48. The van der Waals surface area contributed by atoms with E-state index in [9.17, 15) is 9.18 Å². The maximum atomic E-state index is 13.9. The molecule has 0 radical (unpaired) electrons. The molecule has 0 aromatic heterocycles. The van der Waals surface area contributed by atoms with Crippen LogP contribution in [-0.4, -0.2) is 30.4 Å². The third-order valence-electron chi connectivity index (χ3n) is 4.07. The van der Waals surface area contributed by atoms with Crippen molar-refractivity contribution in [2.45, 2.75) is 19.9 Å². The van der Waals surface area contributed by atoms with Gasteiger partial charge < -0.3 is 5.32 Å². The van der Waals surface area contributed by atoms with Crippen LogP contribution in [0, 0.1) is 5.82 Å². The van der Waals surface area contributed by atoms with E-state index in [0.717, 1.165) is 24.7 Å². The Kier molecular flexibility index (Phi) is 6.76. The van der Waals surface area contributed by atoms with Gasteiger partial charge in [0.25, 0.3) is 5.91 Å². The minimum atomic E-state index is -0.612. The molecular weight excluding hydrogens is 327 g/mol. The van der Waals surface area contributed by atoms with E-state index < -0.39 is 11.7 Å². The van der Waals surface area contributed by atoms with Crippen molar-refractivity contribution in [3.8, 4) is 0 Å². The van der Waals surface area contributed by atoms with Crippen LogP contribution in [0.5, 0.6) is 0 Å². The van der Waals surface area contributed by atoms with Crippen LogP contribution in [-0.2, 0) is 0 Å². The van der Waals surface area contributed by atoms with Crippen LogP contribution in [0.3, 0.4) is 0 Å². The predicted molar refractivity (Wildman–Crippen MR) is 95.8 cm³/mol. The molecule has 1 amide bonds. The largest absolute Gasteiger partial charge is 0.350 e. The topological polar surface area (TPSA) is 32.3 Å². The van der Waals surface area contributed by atoms with E-state index in [-0.39, 0.29) is 16.6 Å². The van der Waals surface area contributed by atoms with Gasteiger partial charge in [-0.25, -0.2) is 4.39 Å². The highest BCUT2D eigenvalue weighted by Crippen LogP contribution is 2.20. The summed E-state index contributed by atoms with van der Waals surface area (Å²) < 4.78 is 13.9. The summed E-state index contributed by atoms with van der Waals surface area (Å²) in [5.74, 6) is -1.05. The first-order valence-electron chi connectivity index (χ1n) is 8.09. The summed E-state index contributed by atoms with van der Waals surface area (Å²) in [6.07, 6.45) is 0. The average Bonchev–Trinajstić information content (AvgIpc) is 2.59. The van der Waals surface area contributed by atoms with E-state index in [4.69, 9.17) is 11.6 Å². The molecule has 0 heterocycles. The minimum absolute atomic E-state index is 0.00533. The molecular formula is C19H22ClFN2O. The Hall–Kier alpha value is -1.91. The van der Waals surface area contributed by atoms with Crippen LogP contribution in [0.15, 0.2) is 48.5 Å². The van der Waals surface area contributed by atoms with Gasteiger partial charge in [0.1, 0.15) is 5.82 Å². The second kappa shape index (κ2) is 8.81. The summed E-state index contributed by atoms with van der Waals surface area (Å²) in [4.78, 5) is 14.6. The van der Waals surface area contributed by atoms with Crippen LogP contribution in [0.1, 0.15) is 35.8 Å². The van der Waals surface area contributed by atoms with Gasteiger partial charge in [-0.05, 0) is 36.9 Å². The lowest BCUT2D eigenvalue weighted by Crippen LogP contribution is -2.38. The Morgan fingerprint density at radius 1 is 1.17 bits per heavy atom. The second-order valence-corrected chi connectivity index (χ2v) is 5.92. The van der Waals surface area contributed by atoms with Crippen molar-refractivity contribution in [1.82, 2.24) is 10.2 Å². The molecule has 0 fully saturated rings. The van der Waals surface area contributed by atoms with Crippen LogP contribution in [0.25, 0.3) is 0 Å². The summed E-state index contributed by atoms with van der Waals surface area (Å²) in [6.45, 7) is 6.30. The van der Waals surface area contributed by atoms with Crippen LogP contribution in [0.2, 0.25) is 5.02 Å². The van der Waals surface area contributed by atoms with Crippen molar-refractivity contribution in [3.63, 3.8) is 0 Å². The molecule has 0 aliphatic rings. The van der Waals surface area contributed by atoms with Gasteiger partial charge in [-0.1, -0.05) is 55.8 Å². The molecule has 0 bridgehead atoms. The first kappa shape index (κ1) is 18.4. The Morgan fingerprint density at radius 2 is 1.83 bits per heavy atom. The fourth-order valence-corrected chi connectivity index (χ4v) is 2.91. The minimum Gasteiger partial charge on any atom is -0.350 e. The number of rotatable bonds is 7. The maximum Gasteiger partial charge on any atom is 0.254 e. The number of likely N-dealkylation sites (N-methyl/N-ethyl adjacent to an activating group) is 1. The monoisotopic (exact) mass is 348 g/mol. The first-order chi connectivity index (χ1) is 11.6. The Labute approximate surface area is 147 Å². The molecule has 24 heavy (non-hydrogen) atoms. The number of carbonyl (C=O) groups excluding carboxylic acids is 1. The van der Waals surface area contributed by atoms with Crippen LogP contribution < -0.4 is 5.32 Å². The van der Waals surface area contributed by atoms with Gasteiger partial charge in [0.05, 0.1) is 11.6 Å². The fraction of sp³-hybridized carbons (Fsp3) is 0.316. The zero-order chi connectivity index (χ0) is 17.5. The van der Waals surface area contributed by atoms with Crippen molar-refractivity contribution in [3.05, 3.63) is 70.5 Å². The number of hydrogen-bond donors (Lipinski definition) is 1. The summed E-state index contributed by atoms with van der Waals surface area (Å²) >= 11 is 5.73.